The highest BCUT2D eigenvalue weighted by molar-refractivity contribution is 4.69. The van der Waals surface area contributed by atoms with Crippen molar-refractivity contribution in [3.63, 3.8) is 0 Å². The van der Waals surface area contributed by atoms with Gasteiger partial charge < -0.3 is 5.11 Å². The van der Waals surface area contributed by atoms with Gasteiger partial charge in [0.05, 0.1) is 6.10 Å². The maximum Gasteiger partial charge on any atom is 0.0540 e. The van der Waals surface area contributed by atoms with Gasteiger partial charge in [-0.05, 0) is 25.7 Å². The fourth-order valence-electron chi connectivity index (χ4n) is 1.10. The molecule has 1 radical (unpaired) electrons. The van der Waals surface area contributed by atoms with E-state index in [2.05, 4.69) is 6.92 Å². The summed E-state index contributed by atoms with van der Waals surface area (Å²) in [5, 5.41) is 9.18. The van der Waals surface area contributed by atoms with Crippen LogP contribution < -0.4 is 0 Å². The van der Waals surface area contributed by atoms with Gasteiger partial charge >= 0.3 is 0 Å². The van der Waals surface area contributed by atoms with Gasteiger partial charge in [0.1, 0.15) is 0 Å². The van der Waals surface area contributed by atoms with Crippen molar-refractivity contribution >= 4 is 0 Å². The van der Waals surface area contributed by atoms with Crippen LogP contribution in [0.2, 0.25) is 0 Å². The molecule has 0 saturated carbocycles. The summed E-state index contributed by atoms with van der Waals surface area (Å²) in [6.45, 7) is 9.15. The van der Waals surface area contributed by atoms with E-state index in [4.69, 9.17) is 6.58 Å². The van der Waals surface area contributed by atoms with Crippen LogP contribution in [0.4, 0.5) is 0 Å². The summed E-state index contributed by atoms with van der Waals surface area (Å²) in [5.41, 5.74) is 0. The van der Waals surface area contributed by atoms with Crippen molar-refractivity contribution < 1.29 is 5.11 Å². The molecule has 1 nitrogen and oxygen atoms in total. The largest absolute Gasteiger partial charge is 0.393 e. The summed E-state index contributed by atoms with van der Waals surface area (Å²) >= 11 is 0. The Kier molecular flexibility index (Phi) is 5.32. The van der Waals surface area contributed by atoms with Gasteiger partial charge in [-0.25, -0.2) is 0 Å². The van der Waals surface area contributed by atoms with Crippen molar-refractivity contribution in [2.24, 2.45) is 5.92 Å². The molecule has 0 aromatic carbocycles. The van der Waals surface area contributed by atoms with Gasteiger partial charge in [0.2, 0.25) is 0 Å². The van der Waals surface area contributed by atoms with Crippen LogP contribution in [0.5, 0.6) is 0 Å². The summed E-state index contributed by atoms with van der Waals surface area (Å²) in [6, 6.07) is 0. The smallest absolute Gasteiger partial charge is 0.0540 e. The first kappa shape index (κ1) is 9.70. The van der Waals surface area contributed by atoms with Crippen LogP contribution in [0.3, 0.4) is 0 Å². The second kappa shape index (κ2) is 5.48. The minimum Gasteiger partial charge on any atom is -0.393 e. The summed E-state index contributed by atoms with van der Waals surface area (Å²) < 4.78 is 0. The van der Waals surface area contributed by atoms with E-state index in [1.54, 1.807) is 6.08 Å². The van der Waals surface area contributed by atoms with Crippen molar-refractivity contribution in [2.45, 2.75) is 39.2 Å². The Morgan fingerprint density at radius 1 is 1.60 bits per heavy atom. The zero-order chi connectivity index (χ0) is 7.98. The Morgan fingerprint density at radius 2 is 2.20 bits per heavy atom. The molecule has 0 aliphatic rings. The number of rotatable bonds is 5. The molecule has 59 valence electrons. The second-order valence-electron chi connectivity index (χ2n) is 2.72. The Hall–Kier alpha value is -0.300. The van der Waals surface area contributed by atoms with Crippen molar-refractivity contribution in [2.75, 3.05) is 0 Å². The molecule has 0 spiro atoms. The molecule has 0 fully saturated rings. The summed E-state index contributed by atoms with van der Waals surface area (Å²) in [6.07, 6.45) is 4.41. The Labute approximate surface area is 63.8 Å². The first-order valence-corrected chi connectivity index (χ1v) is 3.93. The topological polar surface area (TPSA) is 20.2 Å². The Morgan fingerprint density at radius 3 is 2.50 bits per heavy atom. The fourth-order valence-corrected chi connectivity index (χ4v) is 1.10. The summed E-state index contributed by atoms with van der Waals surface area (Å²) in [7, 11) is 0. The van der Waals surface area contributed by atoms with Crippen LogP contribution >= 0.6 is 0 Å². The van der Waals surface area contributed by atoms with E-state index < -0.39 is 0 Å². The standard InChI is InChI=1S/C9H17O/c1-4-6-7-9(5-2)8(3)10/h1,4,8-10H,5-7H2,2-3H3. The second-order valence-corrected chi connectivity index (χ2v) is 2.72. The third-order valence-corrected chi connectivity index (χ3v) is 1.91. The lowest BCUT2D eigenvalue weighted by Crippen LogP contribution is -2.15. The maximum absolute atomic E-state index is 9.18. The van der Waals surface area contributed by atoms with Crippen LogP contribution in [0.1, 0.15) is 33.1 Å². The normalized spacial score (nSPS) is 16.3. The average molecular weight is 141 g/mol. The summed E-state index contributed by atoms with van der Waals surface area (Å²) in [5.74, 6) is 0.416. The predicted octanol–water partition coefficient (Wildman–Crippen LogP) is 2.16. The van der Waals surface area contributed by atoms with Crippen LogP contribution in [-0.2, 0) is 0 Å². The van der Waals surface area contributed by atoms with Crippen LogP contribution in [-0.4, -0.2) is 11.2 Å². The zero-order valence-electron chi connectivity index (χ0n) is 6.88. The highest BCUT2D eigenvalue weighted by Crippen LogP contribution is 2.15. The first-order chi connectivity index (χ1) is 4.72. The molecule has 0 rings (SSSR count). The Balaban J connectivity index is 3.49. The molecule has 1 N–H and O–H groups in total. The Bertz CT molecular complexity index is 86.7. The molecule has 0 aromatic rings. The molecular formula is C9H17O. The van der Waals surface area contributed by atoms with Crippen molar-refractivity contribution in [1.29, 1.82) is 0 Å². The van der Waals surface area contributed by atoms with Crippen LogP contribution in [0.25, 0.3) is 0 Å². The molecule has 0 saturated heterocycles. The van der Waals surface area contributed by atoms with Gasteiger partial charge in [-0.3, -0.25) is 0 Å². The highest BCUT2D eigenvalue weighted by Gasteiger charge is 2.10. The van der Waals surface area contributed by atoms with Gasteiger partial charge in [-0.15, -0.1) is 0 Å². The zero-order valence-corrected chi connectivity index (χ0v) is 6.88. The van der Waals surface area contributed by atoms with Gasteiger partial charge in [0.15, 0.2) is 0 Å². The van der Waals surface area contributed by atoms with E-state index in [1.807, 2.05) is 6.92 Å². The molecule has 0 amide bonds. The van der Waals surface area contributed by atoms with E-state index in [0.717, 1.165) is 19.3 Å². The van der Waals surface area contributed by atoms with E-state index in [-0.39, 0.29) is 6.10 Å². The lowest BCUT2D eigenvalue weighted by atomic mass is 9.95. The third-order valence-electron chi connectivity index (χ3n) is 1.91. The lowest BCUT2D eigenvalue weighted by molar-refractivity contribution is 0.118. The molecule has 0 aromatic heterocycles. The number of hydrogen-bond donors (Lipinski definition) is 1. The van der Waals surface area contributed by atoms with Crippen molar-refractivity contribution in [3.05, 3.63) is 12.7 Å². The molecule has 0 aliphatic heterocycles. The number of hydrogen-bond acceptors (Lipinski definition) is 1. The van der Waals surface area contributed by atoms with Crippen molar-refractivity contribution in [1.82, 2.24) is 0 Å². The van der Waals surface area contributed by atoms with E-state index in [0.29, 0.717) is 5.92 Å². The minimum absolute atomic E-state index is 0.190. The third kappa shape index (κ3) is 3.67. The molecule has 0 bridgehead atoms. The number of aliphatic hydroxyl groups excluding tert-OH is 1. The van der Waals surface area contributed by atoms with Gasteiger partial charge in [-0.1, -0.05) is 26.0 Å². The minimum atomic E-state index is -0.190. The van der Waals surface area contributed by atoms with Crippen LogP contribution in [0.15, 0.2) is 6.08 Å². The molecule has 2 atom stereocenters. The monoisotopic (exact) mass is 141 g/mol. The molecular weight excluding hydrogens is 124 g/mol. The van der Waals surface area contributed by atoms with Crippen LogP contribution in [0, 0.1) is 12.5 Å². The quantitative estimate of drug-likeness (QED) is 0.622. The lowest BCUT2D eigenvalue weighted by Gasteiger charge is -2.16. The number of aliphatic hydroxyl groups is 1. The number of allylic oxidation sites excluding steroid dienone is 1. The molecule has 0 heterocycles. The fraction of sp³-hybridized carbons (Fsp3) is 0.778. The maximum atomic E-state index is 9.18. The predicted molar refractivity (Wildman–Crippen MR) is 43.6 cm³/mol. The summed E-state index contributed by atoms with van der Waals surface area (Å²) in [4.78, 5) is 0. The molecule has 10 heavy (non-hydrogen) atoms. The molecule has 0 aliphatic carbocycles. The van der Waals surface area contributed by atoms with Crippen molar-refractivity contribution in [3.8, 4) is 0 Å². The first-order valence-electron chi connectivity index (χ1n) is 3.93. The SMILES string of the molecule is [CH]=CCCC(CC)C(C)O. The molecule has 1 heteroatoms. The van der Waals surface area contributed by atoms with Gasteiger partial charge in [0.25, 0.3) is 0 Å². The average Bonchev–Trinajstić information content (AvgIpc) is 1.89. The molecule has 2 unspecified atom stereocenters. The van der Waals surface area contributed by atoms with E-state index in [9.17, 15) is 5.11 Å². The van der Waals surface area contributed by atoms with E-state index >= 15 is 0 Å². The van der Waals surface area contributed by atoms with E-state index in [1.165, 1.54) is 0 Å². The highest BCUT2D eigenvalue weighted by atomic mass is 16.3. The van der Waals surface area contributed by atoms with Gasteiger partial charge in [-0.2, -0.15) is 0 Å². The van der Waals surface area contributed by atoms with Gasteiger partial charge in [0, 0.05) is 0 Å².